The van der Waals surface area contributed by atoms with Crippen LogP contribution in [0.15, 0.2) is 18.5 Å². The van der Waals surface area contributed by atoms with Crippen molar-refractivity contribution in [3.05, 3.63) is 18.5 Å². The molecule has 2 aliphatic heterocycles. The van der Waals surface area contributed by atoms with Crippen molar-refractivity contribution in [3.63, 3.8) is 0 Å². The average Bonchev–Trinajstić information content (AvgIpc) is 2.67. The van der Waals surface area contributed by atoms with Gasteiger partial charge in [0, 0.05) is 51.2 Å². The molecule has 3 rings (SSSR count). The number of amides is 1. The molecule has 0 aliphatic carbocycles. The minimum atomic E-state index is -0.0410. The van der Waals surface area contributed by atoms with Crippen LogP contribution in [-0.4, -0.2) is 84.1 Å². The largest absolute Gasteiger partial charge is 0.338 e. The predicted octanol–water partition coefficient (Wildman–Crippen LogP) is 1.04. The summed E-state index contributed by atoms with van der Waals surface area (Å²) < 4.78 is 0. The van der Waals surface area contributed by atoms with E-state index in [9.17, 15) is 4.79 Å². The van der Waals surface area contributed by atoms with E-state index in [-0.39, 0.29) is 36.8 Å². The Morgan fingerprint density at radius 1 is 1.15 bits per heavy atom. The number of hydrogen-bond donors (Lipinski definition) is 1. The molecule has 3 heterocycles. The minimum absolute atomic E-state index is 0. The number of halogens is 2. The average molecular weight is 405 g/mol. The Balaban J connectivity index is 0.00000169. The smallest absolute Gasteiger partial charge is 0.239 e. The van der Waals surface area contributed by atoms with Crippen LogP contribution < -0.4 is 10.2 Å². The molecule has 0 radical (unpaired) electrons. The first-order valence-electron chi connectivity index (χ1n) is 8.91. The number of likely N-dealkylation sites (tertiary alicyclic amines) is 1. The highest BCUT2D eigenvalue weighted by molar-refractivity contribution is 5.85. The van der Waals surface area contributed by atoms with Crippen molar-refractivity contribution in [2.45, 2.75) is 31.8 Å². The maximum Gasteiger partial charge on any atom is 0.239 e. The summed E-state index contributed by atoms with van der Waals surface area (Å²) in [6.07, 6.45) is 5.87. The maximum atomic E-state index is 12.8. The molecule has 148 valence electrons. The van der Waals surface area contributed by atoms with E-state index in [1.807, 2.05) is 24.9 Å². The molecule has 1 N–H and O–H groups in total. The molecule has 2 fully saturated rings. The molecule has 2 unspecified atom stereocenters. The van der Waals surface area contributed by atoms with Gasteiger partial charge in [0.05, 0.1) is 6.04 Å². The van der Waals surface area contributed by atoms with Gasteiger partial charge in [0.2, 0.25) is 11.9 Å². The standard InChI is InChI=1S/C17H28N6O.2ClH/c1-14(23-8-3-5-15(13-23)18-2)16(24)21-9-11-22(12-10-21)17-19-6-4-7-20-17;;/h4,6-7,14-15,18H,3,5,8-13H2,1-2H3;2*1H. The molecule has 7 nitrogen and oxygen atoms in total. The van der Waals surface area contributed by atoms with E-state index < -0.39 is 0 Å². The minimum Gasteiger partial charge on any atom is -0.338 e. The third kappa shape index (κ3) is 5.42. The Bertz CT molecular complexity index is 541. The third-order valence-electron chi connectivity index (χ3n) is 5.19. The number of piperazine rings is 1. The number of nitrogens with zero attached hydrogens (tertiary/aromatic N) is 5. The van der Waals surface area contributed by atoms with Crippen LogP contribution in [0.3, 0.4) is 0 Å². The van der Waals surface area contributed by atoms with Crippen molar-refractivity contribution in [1.29, 1.82) is 0 Å². The highest BCUT2D eigenvalue weighted by Crippen LogP contribution is 2.16. The van der Waals surface area contributed by atoms with Crippen LogP contribution in [0.2, 0.25) is 0 Å². The van der Waals surface area contributed by atoms with E-state index in [2.05, 4.69) is 25.1 Å². The van der Waals surface area contributed by atoms with Gasteiger partial charge in [-0.15, -0.1) is 24.8 Å². The fraction of sp³-hybridized carbons (Fsp3) is 0.706. The SMILES string of the molecule is CNC1CCCN(C(C)C(=O)N2CCN(c3ncccn3)CC2)C1.Cl.Cl. The molecule has 9 heteroatoms. The summed E-state index contributed by atoms with van der Waals surface area (Å²) >= 11 is 0. The summed E-state index contributed by atoms with van der Waals surface area (Å²) in [5.74, 6) is 1.01. The molecule has 1 aromatic rings. The predicted molar refractivity (Wildman–Crippen MR) is 108 cm³/mol. The van der Waals surface area contributed by atoms with Crippen LogP contribution >= 0.6 is 24.8 Å². The Morgan fingerprint density at radius 3 is 2.42 bits per heavy atom. The highest BCUT2D eigenvalue weighted by atomic mass is 35.5. The lowest BCUT2D eigenvalue weighted by Gasteiger charge is -2.40. The summed E-state index contributed by atoms with van der Waals surface area (Å²) in [7, 11) is 2.01. The summed E-state index contributed by atoms with van der Waals surface area (Å²) in [5, 5.41) is 3.34. The summed E-state index contributed by atoms with van der Waals surface area (Å²) in [4.78, 5) is 27.9. The van der Waals surface area contributed by atoms with E-state index in [1.54, 1.807) is 12.4 Å². The normalized spacial score (nSPS) is 22.2. The number of anilines is 1. The number of carbonyl (C=O) groups excluding carboxylic acids is 1. The van der Waals surface area contributed by atoms with E-state index in [0.29, 0.717) is 6.04 Å². The topological polar surface area (TPSA) is 64.6 Å². The molecule has 0 spiro atoms. The Hall–Kier alpha value is -1.15. The van der Waals surface area contributed by atoms with Gasteiger partial charge in [0.1, 0.15) is 0 Å². The fourth-order valence-corrected chi connectivity index (χ4v) is 3.60. The van der Waals surface area contributed by atoms with Gasteiger partial charge in [-0.2, -0.15) is 0 Å². The first kappa shape index (κ1) is 22.9. The molecule has 26 heavy (non-hydrogen) atoms. The molecule has 1 aromatic heterocycles. The highest BCUT2D eigenvalue weighted by Gasteiger charge is 2.31. The van der Waals surface area contributed by atoms with Crippen LogP contribution in [-0.2, 0) is 4.79 Å². The summed E-state index contributed by atoms with van der Waals surface area (Å²) in [6, 6.07) is 2.28. The van der Waals surface area contributed by atoms with Gasteiger partial charge in [-0.25, -0.2) is 9.97 Å². The molecular weight excluding hydrogens is 375 g/mol. The quantitative estimate of drug-likeness (QED) is 0.808. The molecule has 2 atom stereocenters. The van der Waals surface area contributed by atoms with Crippen LogP contribution in [0.5, 0.6) is 0 Å². The monoisotopic (exact) mass is 404 g/mol. The zero-order valence-electron chi connectivity index (χ0n) is 15.5. The van der Waals surface area contributed by atoms with Gasteiger partial charge in [-0.05, 0) is 39.4 Å². The molecule has 0 bridgehead atoms. The molecule has 2 saturated heterocycles. The van der Waals surface area contributed by atoms with Gasteiger partial charge in [-0.3, -0.25) is 9.69 Å². The first-order valence-corrected chi connectivity index (χ1v) is 8.91. The van der Waals surface area contributed by atoms with Crippen molar-refractivity contribution in [3.8, 4) is 0 Å². The molecule has 1 amide bonds. The van der Waals surface area contributed by atoms with Gasteiger partial charge in [0.15, 0.2) is 0 Å². The third-order valence-corrected chi connectivity index (χ3v) is 5.19. The lowest BCUT2D eigenvalue weighted by molar-refractivity contribution is -0.137. The van der Waals surface area contributed by atoms with Crippen molar-refractivity contribution < 1.29 is 4.79 Å². The number of likely N-dealkylation sites (N-methyl/N-ethyl adjacent to an activating group) is 1. The van der Waals surface area contributed by atoms with Gasteiger partial charge < -0.3 is 15.1 Å². The van der Waals surface area contributed by atoms with Crippen LogP contribution in [0, 0.1) is 0 Å². The Labute approximate surface area is 168 Å². The maximum absolute atomic E-state index is 12.8. The molecular formula is C17H30Cl2N6O. The van der Waals surface area contributed by atoms with E-state index in [0.717, 1.165) is 51.6 Å². The number of piperidine rings is 1. The Morgan fingerprint density at radius 2 is 1.81 bits per heavy atom. The number of carbonyl (C=O) groups is 1. The van der Waals surface area contributed by atoms with Crippen molar-refractivity contribution in [2.75, 3.05) is 51.2 Å². The second-order valence-electron chi connectivity index (χ2n) is 6.66. The fourth-order valence-electron chi connectivity index (χ4n) is 3.60. The van der Waals surface area contributed by atoms with Crippen LogP contribution in [0.4, 0.5) is 5.95 Å². The lowest BCUT2D eigenvalue weighted by Crippen LogP contribution is -2.57. The van der Waals surface area contributed by atoms with Crippen molar-refractivity contribution in [2.24, 2.45) is 0 Å². The zero-order chi connectivity index (χ0) is 16.9. The number of hydrogen-bond acceptors (Lipinski definition) is 6. The Kier molecular flexibility index (Phi) is 9.57. The lowest BCUT2D eigenvalue weighted by atomic mass is 10.0. The van der Waals surface area contributed by atoms with Crippen LogP contribution in [0.1, 0.15) is 19.8 Å². The second-order valence-corrected chi connectivity index (χ2v) is 6.66. The number of rotatable bonds is 4. The number of nitrogens with one attached hydrogen (secondary N) is 1. The zero-order valence-corrected chi connectivity index (χ0v) is 17.1. The summed E-state index contributed by atoms with van der Waals surface area (Å²) in [5.41, 5.74) is 0. The van der Waals surface area contributed by atoms with Gasteiger partial charge in [-0.1, -0.05) is 0 Å². The summed E-state index contributed by atoms with van der Waals surface area (Å²) in [6.45, 7) is 7.09. The van der Waals surface area contributed by atoms with E-state index in [1.165, 1.54) is 6.42 Å². The molecule has 2 aliphatic rings. The number of aromatic nitrogens is 2. The molecule has 0 saturated carbocycles. The molecule has 0 aromatic carbocycles. The van der Waals surface area contributed by atoms with Crippen molar-refractivity contribution >= 4 is 36.7 Å². The van der Waals surface area contributed by atoms with Gasteiger partial charge >= 0.3 is 0 Å². The van der Waals surface area contributed by atoms with E-state index >= 15 is 0 Å². The van der Waals surface area contributed by atoms with Crippen LogP contribution in [0.25, 0.3) is 0 Å². The second kappa shape index (κ2) is 10.9. The van der Waals surface area contributed by atoms with E-state index in [4.69, 9.17) is 0 Å². The van der Waals surface area contributed by atoms with Crippen molar-refractivity contribution in [1.82, 2.24) is 25.1 Å². The van der Waals surface area contributed by atoms with Gasteiger partial charge in [0.25, 0.3) is 0 Å². The first-order chi connectivity index (χ1) is 11.7.